The highest BCUT2D eigenvalue weighted by atomic mass is 16.4. The van der Waals surface area contributed by atoms with Crippen LogP contribution in [-0.2, 0) is 12.0 Å². The summed E-state index contributed by atoms with van der Waals surface area (Å²) < 4.78 is 5.72. The molecule has 0 amide bonds. The molecule has 4 saturated carbocycles. The van der Waals surface area contributed by atoms with Crippen molar-refractivity contribution < 1.29 is 4.42 Å². The molecule has 0 aliphatic heterocycles. The van der Waals surface area contributed by atoms with Crippen molar-refractivity contribution in [3.8, 4) is 0 Å². The number of nitrogens with two attached hydrogens (primary N) is 1. The number of rotatable bonds is 2. The first-order chi connectivity index (χ1) is 8.68. The Balaban J connectivity index is 1.76. The van der Waals surface area contributed by atoms with Crippen LogP contribution in [0.3, 0.4) is 0 Å². The maximum Gasteiger partial charge on any atom is 0.208 e. The Labute approximate surface area is 108 Å². The van der Waals surface area contributed by atoms with Crippen molar-refractivity contribution in [1.82, 2.24) is 4.98 Å². The number of aryl methyl sites for hydroxylation is 1. The number of oxazole rings is 1. The highest BCUT2D eigenvalue weighted by Gasteiger charge is 2.53. The van der Waals surface area contributed by atoms with Crippen molar-refractivity contribution in [1.29, 1.82) is 0 Å². The molecule has 4 aliphatic rings. The normalized spacial score (nSPS) is 41.6. The third-order valence-corrected chi connectivity index (χ3v) is 5.56. The minimum atomic E-state index is 0.343. The summed E-state index contributed by atoms with van der Waals surface area (Å²) in [6.45, 7) is 2.49. The summed E-state index contributed by atoms with van der Waals surface area (Å²) in [4.78, 5) is 4.73. The van der Waals surface area contributed by atoms with Crippen molar-refractivity contribution in [2.24, 2.45) is 23.5 Å². The molecule has 1 aromatic heterocycles. The van der Waals surface area contributed by atoms with Gasteiger partial charge in [0.05, 0.1) is 12.2 Å². The third kappa shape index (κ3) is 1.43. The average Bonchev–Trinajstić information content (AvgIpc) is 2.69. The van der Waals surface area contributed by atoms with E-state index in [4.69, 9.17) is 15.1 Å². The van der Waals surface area contributed by atoms with E-state index in [0.717, 1.165) is 29.4 Å². The van der Waals surface area contributed by atoms with Gasteiger partial charge in [-0.05, 0) is 63.2 Å². The minimum absolute atomic E-state index is 0.343. The second kappa shape index (κ2) is 3.60. The molecule has 1 aromatic rings. The first-order valence-electron chi connectivity index (χ1n) is 7.35. The Morgan fingerprint density at radius 3 is 2.17 bits per heavy atom. The van der Waals surface area contributed by atoms with Crippen molar-refractivity contribution in [3.05, 3.63) is 17.3 Å². The maximum atomic E-state index is 5.72. The van der Waals surface area contributed by atoms with Crippen molar-refractivity contribution in [3.63, 3.8) is 0 Å². The maximum absolute atomic E-state index is 5.72. The monoisotopic (exact) mass is 246 g/mol. The summed E-state index contributed by atoms with van der Waals surface area (Å²) in [5, 5.41) is 0. The van der Waals surface area contributed by atoms with E-state index in [-0.39, 0.29) is 0 Å². The van der Waals surface area contributed by atoms with E-state index in [1.165, 1.54) is 44.2 Å². The zero-order valence-electron chi connectivity index (χ0n) is 11.1. The van der Waals surface area contributed by atoms with Gasteiger partial charge in [-0.3, -0.25) is 0 Å². The molecule has 4 fully saturated rings. The topological polar surface area (TPSA) is 52.0 Å². The smallest absolute Gasteiger partial charge is 0.208 e. The summed E-state index contributed by atoms with van der Waals surface area (Å²) in [7, 11) is 0. The van der Waals surface area contributed by atoms with Crippen LogP contribution in [0.15, 0.2) is 4.42 Å². The van der Waals surface area contributed by atoms with E-state index < -0.39 is 0 Å². The predicted octanol–water partition coefficient (Wildman–Crippen LogP) is 2.91. The highest BCUT2D eigenvalue weighted by molar-refractivity contribution is 5.25. The molecule has 0 saturated heterocycles. The highest BCUT2D eigenvalue weighted by Crippen LogP contribution is 2.60. The van der Waals surface area contributed by atoms with E-state index in [2.05, 4.69) is 6.92 Å². The zero-order valence-corrected chi connectivity index (χ0v) is 11.1. The third-order valence-electron chi connectivity index (χ3n) is 5.56. The Hall–Kier alpha value is -0.830. The van der Waals surface area contributed by atoms with Gasteiger partial charge in [0.25, 0.3) is 0 Å². The first kappa shape index (κ1) is 11.0. The van der Waals surface area contributed by atoms with Crippen LogP contribution in [0.1, 0.15) is 55.9 Å². The molecule has 18 heavy (non-hydrogen) atoms. The van der Waals surface area contributed by atoms with Crippen LogP contribution in [0.2, 0.25) is 0 Å². The molecule has 5 rings (SSSR count). The molecule has 2 N–H and O–H groups in total. The molecule has 0 atom stereocenters. The molecule has 0 radical (unpaired) electrons. The molecular weight excluding hydrogens is 224 g/mol. The largest absolute Gasteiger partial charge is 0.444 e. The second-order valence-electron chi connectivity index (χ2n) is 6.91. The lowest BCUT2D eigenvalue weighted by atomic mass is 9.48. The zero-order chi connectivity index (χ0) is 12.3. The summed E-state index contributed by atoms with van der Waals surface area (Å²) >= 11 is 0. The quantitative estimate of drug-likeness (QED) is 0.873. The number of aromatic nitrogens is 1. The molecular formula is C15H22N2O. The van der Waals surface area contributed by atoms with E-state index in [1.54, 1.807) is 0 Å². The van der Waals surface area contributed by atoms with Crippen LogP contribution >= 0.6 is 0 Å². The van der Waals surface area contributed by atoms with E-state index in [0.29, 0.717) is 12.0 Å². The van der Waals surface area contributed by atoms with Crippen LogP contribution in [-0.4, -0.2) is 4.98 Å². The van der Waals surface area contributed by atoms with E-state index in [9.17, 15) is 0 Å². The summed E-state index contributed by atoms with van der Waals surface area (Å²) in [6, 6.07) is 0. The molecule has 98 valence electrons. The number of nitrogens with zero attached hydrogens (tertiary/aromatic N) is 1. The van der Waals surface area contributed by atoms with Gasteiger partial charge in [-0.15, -0.1) is 0 Å². The van der Waals surface area contributed by atoms with Gasteiger partial charge in [-0.1, -0.05) is 0 Å². The Morgan fingerprint density at radius 2 is 1.72 bits per heavy atom. The van der Waals surface area contributed by atoms with Gasteiger partial charge in [0.2, 0.25) is 5.89 Å². The van der Waals surface area contributed by atoms with Crippen LogP contribution in [0.5, 0.6) is 0 Å². The van der Waals surface area contributed by atoms with Crippen LogP contribution in [0.4, 0.5) is 0 Å². The first-order valence-corrected chi connectivity index (χ1v) is 7.35. The molecule has 0 aromatic carbocycles. The number of hydrogen-bond acceptors (Lipinski definition) is 3. The second-order valence-corrected chi connectivity index (χ2v) is 6.91. The van der Waals surface area contributed by atoms with Crippen molar-refractivity contribution in [2.75, 3.05) is 0 Å². The molecule has 4 aliphatic carbocycles. The molecule has 3 heteroatoms. The van der Waals surface area contributed by atoms with Crippen molar-refractivity contribution in [2.45, 2.75) is 57.4 Å². The summed E-state index contributed by atoms with van der Waals surface area (Å²) in [5.41, 5.74) is 7.26. The lowest BCUT2D eigenvalue weighted by molar-refractivity contribution is -0.00761. The summed E-state index contributed by atoms with van der Waals surface area (Å²) in [6.07, 6.45) is 8.45. The van der Waals surface area contributed by atoms with Gasteiger partial charge in [0.1, 0.15) is 5.76 Å². The van der Waals surface area contributed by atoms with Crippen molar-refractivity contribution >= 4 is 0 Å². The fourth-order valence-electron chi connectivity index (χ4n) is 5.43. The van der Waals surface area contributed by atoms with Crippen LogP contribution < -0.4 is 5.73 Å². The minimum Gasteiger partial charge on any atom is -0.444 e. The standard InChI is InChI=1S/C15H22N2O/c1-9-14(17-13(8-16)18-9)15-5-10-2-11(6-15)4-12(3-10)7-15/h10-12H,2-8,16H2,1H3. The number of hydrogen-bond donors (Lipinski definition) is 1. The SMILES string of the molecule is Cc1oc(CN)nc1C12CC3CC(CC(C3)C1)C2. The van der Waals surface area contributed by atoms with Crippen LogP contribution in [0.25, 0.3) is 0 Å². The molecule has 4 bridgehead atoms. The summed E-state index contributed by atoms with van der Waals surface area (Å²) in [5.74, 6) is 4.60. The molecule has 0 unspecified atom stereocenters. The Bertz CT molecular complexity index is 442. The Morgan fingerprint density at radius 1 is 1.17 bits per heavy atom. The van der Waals surface area contributed by atoms with Gasteiger partial charge in [0, 0.05) is 5.41 Å². The van der Waals surface area contributed by atoms with Gasteiger partial charge in [0.15, 0.2) is 0 Å². The van der Waals surface area contributed by atoms with Gasteiger partial charge in [-0.25, -0.2) is 4.98 Å². The molecule has 3 nitrogen and oxygen atoms in total. The van der Waals surface area contributed by atoms with Gasteiger partial charge in [-0.2, -0.15) is 0 Å². The Kier molecular flexibility index (Phi) is 2.20. The van der Waals surface area contributed by atoms with Gasteiger partial charge >= 0.3 is 0 Å². The lowest BCUT2D eigenvalue weighted by Gasteiger charge is -2.56. The fraction of sp³-hybridized carbons (Fsp3) is 0.800. The molecule has 1 heterocycles. The van der Waals surface area contributed by atoms with Gasteiger partial charge < -0.3 is 10.2 Å². The molecule has 0 spiro atoms. The predicted molar refractivity (Wildman–Crippen MR) is 69.0 cm³/mol. The lowest BCUT2D eigenvalue weighted by Crippen LogP contribution is -2.49. The average molecular weight is 246 g/mol. The van der Waals surface area contributed by atoms with Crippen LogP contribution in [0, 0.1) is 24.7 Å². The van der Waals surface area contributed by atoms with E-state index >= 15 is 0 Å². The fourth-order valence-corrected chi connectivity index (χ4v) is 5.43. The van der Waals surface area contributed by atoms with E-state index in [1.807, 2.05) is 0 Å².